The third-order valence-electron chi connectivity index (χ3n) is 4.98. The fourth-order valence-corrected chi connectivity index (χ4v) is 3.16. The first-order chi connectivity index (χ1) is 16.4. The number of alkyl halides is 3. The minimum atomic E-state index is -5.08. The van der Waals surface area contributed by atoms with Crippen molar-refractivity contribution in [3.8, 4) is 11.5 Å². The van der Waals surface area contributed by atoms with E-state index in [0.29, 0.717) is 24.6 Å². The fraction of sp³-hybridized carbons (Fsp3) is 0.364. The molecule has 13 heteroatoms. The lowest BCUT2D eigenvalue weighted by Crippen LogP contribution is -2.42. The van der Waals surface area contributed by atoms with Crippen molar-refractivity contribution in [2.24, 2.45) is 0 Å². The van der Waals surface area contributed by atoms with Gasteiger partial charge in [-0.05, 0) is 25.0 Å². The molecule has 2 aromatic rings. The normalized spacial score (nSPS) is 13.8. The van der Waals surface area contributed by atoms with Gasteiger partial charge in [-0.25, -0.2) is 9.59 Å². The van der Waals surface area contributed by atoms with Crippen molar-refractivity contribution in [3.05, 3.63) is 47.8 Å². The van der Waals surface area contributed by atoms with Gasteiger partial charge in [-0.15, -0.1) is 0 Å². The van der Waals surface area contributed by atoms with Gasteiger partial charge in [-0.2, -0.15) is 13.2 Å². The van der Waals surface area contributed by atoms with Gasteiger partial charge in [0, 0.05) is 49.2 Å². The molecule has 3 N–H and O–H groups in total. The first-order valence-corrected chi connectivity index (χ1v) is 10.2. The highest BCUT2D eigenvalue weighted by atomic mass is 19.4. The Kier molecular flexibility index (Phi) is 9.26. The summed E-state index contributed by atoms with van der Waals surface area (Å²) in [6, 6.07) is 8.71. The van der Waals surface area contributed by atoms with Crippen molar-refractivity contribution in [1.29, 1.82) is 0 Å². The lowest BCUT2D eigenvalue weighted by atomic mass is 10.0. The number of anilines is 1. The van der Waals surface area contributed by atoms with E-state index in [1.165, 1.54) is 18.3 Å². The van der Waals surface area contributed by atoms with Gasteiger partial charge in [0.1, 0.15) is 17.2 Å². The summed E-state index contributed by atoms with van der Waals surface area (Å²) in [7, 11) is 3.22. The molecule has 1 fully saturated rings. The number of ether oxygens (including phenoxy) is 2. The summed E-state index contributed by atoms with van der Waals surface area (Å²) in [4.78, 5) is 38.1. The molecule has 1 amide bonds. The molecule has 0 radical (unpaired) electrons. The first kappa shape index (κ1) is 27.2. The Morgan fingerprint density at radius 1 is 1.03 bits per heavy atom. The number of pyridine rings is 1. The van der Waals surface area contributed by atoms with E-state index in [9.17, 15) is 22.8 Å². The van der Waals surface area contributed by atoms with Crippen LogP contribution >= 0.6 is 0 Å². The highest BCUT2D eigenvalue weighted by Crippen LogP contribution is 2.27. The molecule has 0 aliphatic carbocycles. The Morgan fingerprint density at radius 3 is 1.97 bits per heavy atom. The number of aliphatic carboxylic acids is 1. The molecular weight excluding hydrogens is 475 g/mol. The molecule has 3 rings (SSSR count). The molecule has 1 aliphatic heterocycles. The lowest BCUT2D eigenvalue weighted by Gasteiger charge is -2.32. The van der Waals surface area contributed by atoms with Crippen LogP contribution in [0.25, 0.3) is 0 Å². The number of nitrogens with one attached hydrogen (secondary N) is 1. The van der Waals surface area contributed by atoms with Gasteiger partial charge in [-0.1, -0.05) is 0 Å². The topological polar surface area (TPSA) is 138 Å². The van der Waals surface area contributed by atoms with Gasteiger partial charge in [-0.3, -0.25) is 9.78 Å². The molecule has 0 unspecified atom stereocenters. The zero-order chi connectivity index (χ0) is 26.2. The minimum absolute atomic E-state index is 0.0631. The van der Waals surface area contributed by atoms with Crippen LogP contribution in [0.4, 0.5) is 18.9 Å². The van der Waals surface area contributed by atoms with Gasteiger partial charge >= 0.3 is 18.1 Å². The number of hydrogen-bond acceptors (Lipinski definition) is 7. The lowest BCUT2D eigenvalue weighted by molar-refractivity contribution is -0.192. The number of likely N-dealkylation sites (tertiary alicyclic amines) is 1. The monoisotopic (exact) mass is 499 g/mol. The van der Waals surface area contributed by atoms with Gasteiger partial charge in [0.2, 0.25) is 0 Å². The standard InChI is InChI=1S/C20H23N3O5.C2HF3O2/c1-27-16-9-15(10-17(11-16)28-2)22-14-5-7-23(8-6-14)19(24)18-4-3-13(12-21-18)20(25)26;3-2(4,5)1(6)7/h3-4,9-12,14,22H,5-8H2,1-2H3,(H,25,26);(H,6,7). The summed E-state index contributed by atoms with van der Waals surface area (Å²) in [5.41, 5.74) is 1.23. The summed E-state index contributed by atoms with van der Waals surface area (Å²) < 4.78 is 42.3. The van der Waals surface area contributed by atoms with Crippen molar-refractivity contribution in [3.63, 3.8) is 0 Å². The summed E-state index contributed by atoms with van der Waals surface area (Å²) in [5, 5.41) is 19.5. The quantitative estimate of drug-likeness (QED) is 0.547. The van der Waals surface area contributed by atoms with Crippen LogP contribution in [0.5, 0.6) is 11.5 Å². The molecule has 0 atom stereocenters. The molecule has 2 heterocycles. The molecule has 0 spiro atoms. The fourth-order valence-electron chi connectivity index (χ4n) is 3.16. The van der Waals surface area contributed by atoms with Crippen molar-refractivity contribution in [2.45, 2.75) is 25.1 Å². The second-order valence-electron chi connectivity index (χ2n) is 7.35. The van der Waals surface area contributed by atoms with Gasteiger partial charge in [0.05, 0.1) is 19.8 Å². The van der Waals surface area contributed by atoms with E-state index in [1.54, 1.807) is 19.1 Å². The Balaban J connectivity index is 0.000000540. The predicted molar refractivity (Wildman–Crippen MR) is 117 cm³/mol. The predicted octanol–water partition coefficient (Wildman–Crippen LogP) is 3.15. The Morgan fingerprint density at radius 2 is 1.57 bits per heavy atom. The number of aromatic carboxylic acids is 1. The SMILES string of the molecule is COc1cc(NC2CCN(C(=O)c3ccc(C(=O)O)cn3)CC2)cc(OC)c1.O=C(O)C(F)(F)F. The molecule has 0 saturated carbocycles. The van der Waals surface area contributed by atoms with Crippen LogP contribution in [0.3, 0.4) is 0 Å². The molecular formula is C22H24F3N3O7. The summed E-state index contributed by atoms with van der Waals surface area (Å²) in [6.07, 6.45) is -2.29. The number of carbonyl (C=O) groups excluding carboxylic acids is 1. The number of benzene rings is 1. The number of amides is 1. The third-order valence-corrected chi connectivity index (χ3v) is 4.98. The molecule has 1 saturated heterocycles. The minimum Gasteiger partial charge on any atom is -0.497 e. The third kappa shape index (κ3) is 8.05. The number of rotatable bonds is 6. The van der Waals surface area contributed by atoms with Crippen LogP contribution in [0.2, 0.25) is 0 Å². The maximum atomic E-state index is 12.6. The number of carboxylic acids is 2. The van der Waals surface area contributed by atoms with Crippen LogP contribution in [0, 0.1) is 0 Å². The summed E-state index contributed by atoms with van der Waals surface area (Å²) in [6.45, 7) is 1.19. The number of methoxy groups -OCH3 is 2. The molecule has 1 aromatic carbocycles. The number of nitrogens with zero attached hydrogens (tertiary/aromatic N) is 2. The highest BCUT2D eigenvalue weighted by Gasteiger charge is 2.38. The van der Waals surface area contributed by atoms with Crippen molar-refractivity contribution >= 4 is 23.5 Å². The molecule has 190 valence electrons. The van der Waals surface area contributed by atoms with E-state index in [4.69, 9.17) is 24.5 Å². The Bertz CT molecular complexity index is 1020. The maximum Gasteiger partial charge on any atom is 0.490 e. The molecule has 35 heavy (non-hydrogen) atoms. The van der Waals surface area contributed by atoms with Gasteiger partial charge < -0.3 is 29.9 Å². The molecule has 1 aliphatic rings. The van der Waals surface area contributed by atoms with E-state index in [0.717, 1.165) is 18.5 Å². The number of piperidine rings is 1. The summed E-state index contributed by atoms with van der Waals surface area (Å²) in [5.74, 6) is -2.57. The van der Waals surface area contributed by atoms with Crippen LogP contribution in [-0.2, 0) is 4.79 Å². The van der Waals surface area contributed by atoms with E-state index < -0.39 is 18.1 Å². The number of carbonyl (C=O) groups is 3. The van der Waals surface area contributed by atoms with Crippen molar-refractivity contribution in [1.82, 2.24) is 9.88 Å². The Hall–Kier alpha value is -4.03. The number of carboxylic acid groups (broad SMARTS) is 2. The van der Waals surface area contributed by atoms with Gasteiger partial charge in [0.25, 0.3) is 5.91 Å². The summed E-state index contributed by atoms with van der Waals surface area (Å²) >= 11 is 0. The van der Waals surface area contributed by atoms with E-state index in [1.807, 2.05) is 18.2 Å². The van der Waals surface area contributed by atoms with Crippen LogP contribution < -0.4 is 14.8 Å². The second-order valence-corrected chi connectivity index (χ2v) is 7.35. The largest absolute Gasteiger partial charge is 0.497 e. The number of hydrogen-bond donors (Lipinski definition) is 3. The highest BCUT2D eigenvalue weighted by molar-refractivity contribution is 5.93. The van der Waals surface area contributed by atoms with Crippen molar-refractivity contribution in [2.75, 3.05) is 32.6 Å². The number of halogens is 3. The van der Waals surface area contributed by atoms with Crippen molar-refractivity contribution < 1.29 is 47.2 Å². The molecule has 0 bridgehead atoms. The average molecular weight is 499 g/mol. The van der Waals surface area contributed by atoms with Crippen LogP contribution in [-0.4, -0.2) is 77.5 Å². The van der Waals surface area contributed by atoms with E-state index in [-0.39, 0.29) is 23.2 Å². The Labute approximate surface area is 198 Å². The van der Waals surface area contributed by atoms with Crippen LogP contribution in [0.15, 0.2) is 36.5 Å². The zero-order valence-corrected chi connectivity index (χ0v) is 18.8. The maximum absolute atomic E-state index is 12.6. The average Bonchev–Trinajstić information content (AvgIpc) is 2.83. The number of aromatic nitrogens is 1. The second kappa shape index (κ2) is 11.9. The van der Waals surface area contributed by atoms with E-state index >= 15 is 0 Å². The first-order valence-electron chi connectivity index (χ1n) is 10.2. The zero-order valence-electron chi connectivity index (χ0n) is 18.8. The van der Waals surface area contributed by atoms with Gasteiger partial charge in [0.15, 0.2) is 0 Å². The smallest absolute Gasteiger partial charge is 0.490 e. The molecule has 1 aromatic heterocycles. The van der Waals surface area contributed by atoms with Crippen LogP contribution in [0.1, 0.15) is 33.7 Å². The van der Waals surface area contributed by atoms with E-state index in [2.05, 4.69) is 10.3 Å². The molecule has 10 nitrogen and oxygen atoms in total.